The number of carbonyl (C=O) groups is 2. The zero-order chi connectivity index (χ0) is 18.5. The maximum Gasteiger partial charge on any atom is 0.238 e. The van der Waals surface area contributed by atoms with E-state index in [0.29, 0.717) is 17.8 Å². The van der Waals surface area contributed by atoms with Crippen LogP contribution in [0, 0.1) is 5.95 Å². The molecule has 1 aliphatic rings. The molecule has 0 radical (unpaired) electrons. The molecule has 0 saturated carbocycles. The minimum atomic E-state index is -0.576. The Labute approximate surface area is 151 Å². The number of hydrogen-bond acceptors (Lipinski definition) is 5. The summed E-state index contributed by atoms with van der Waals surface area (Å²) in [7, 11) is 0. The average molecular weight is 357 g/mol. The molecule has 1 amide bonds. The molecule has 1 aromatic heterocycles. The molecule has 26 heavy (non-hydrogen) atoms. The van der Waals surface area contributed by atoms with Crippen molar-refractivity contribution in [3.63, 3.8) is 0 Å². The van der Waals surface area contributed by atoms with Gasteiger partial charge in [0.05, 0.1) is 6.54 Å². The van der Waals surface area contributed by atoms with Gasteiger partial charge in [-0.1, -0.05) is 6.07 Å². The van der Waals surface area contributed by atoms with Crippen molar-refractivity contribution >= 4 is 17.4 Å². The zero-order valence-electron chi connectivity index (χ0n) is 14.4. The summed E-state index contributed by atoms with van der Waals surface area (Å²) >= 11 is 0. The number of nitrogens with one attached hydrogen (secondary N) is 1. The van der Waals surface area contributed by atoms with Gasteiger partial charge in [0, 0.05) is 30.4 Å². The number of nitrogens with zero attached hydrogens (tertiary/aromatic N) is 2. The Balaban J connectivity index is 1.47. The normalized spacial score (nSPS) is 17.1. The van der Waals surface area contributed by atoms with Crippen LogP contribution in [0.15, 0.2) is 42.5 Å². The van der Waals surface area contributed by atoms with E-state index in [4.69, 9.17) is 4.74 Å². The fraction of sp³-hybridized carbons (Fsp3) is 0.316. The van der Waals surface area contributed by atoms with Crippen molar-refractivity contribution in [1.82, 2.24) is 9.88 Å². The highest BCUT2D eigenvalue weighted by Gasteiger charge is 2.25. The molecule has 3 rings (SSSR count). The van der Waals surface area contributed by atoms with Crippen molar-refractivity contribution in [1.29, 1.82) is 0 Å². The molecule has 7 heteroatoms. The summed E-state index contributed by atoms with van der Waals surface area (Å²) in [4.78, 5) is 29.1. The second-order valence-electron chi connectivity index (χ2n) is 6.24. The van der Waals surface area contributed by atoms with Crippen molar-refractivity contribution in [2.45, 2.75) is 19.4 Å². The van der Waals surface area contributed by atoms with Crippen molar-refractivity contribution in [2.24, 2.45) is 0 Å². The molecule has 2 aromatic rings. The van der Waals surface area contributed by atoms with Crippen molar-refractivity contribution in [3.05, 3.63) is 54.0 Å². The highest BCUT2D eigenvalue weighted by atomic mass is 19.1. The van der Waals surface area contributed by atoms with Crippen molar-refractivity contribution in [2.75, 3.05) is 25.0 Å². The number of ketones is 1. The predicted molar refractivity (Wildman–Crippen MR) is 94.7 cm³/mol. The molecule has 2 heterocycles. The fourth-order valence-electron chi connectivity index (χ4n) is 2.85. The summed E-state index contributed by atoms with van der Waals surface area (Å²) in [5.74, 6) is -0.469. The molecule has 1 unspecified atom stereocenters. The molecule has 1 saturated heterocycles. The number of hydrogen-bond donors (Lipinski definition) is 1. The number of pyridine rings is 1. The molecular weight excluding hydrogens is 337 g/mol. The monoisotopic (exact) mass is 357 g/mol. The topological polar surface area (TPSA) is 71.5 Å². The van der Waals surface area contributed by atoms with Crippen LogP contribution in [0.25, 0.3) is 0 Å². The van der Waals surface area contributed by atoms with Gasteiger partial charge in [0.1, 0.15) is 6.10 Å². The van der Waals surface area contributed by atoms with E-state index in [-0.39, 0.29) is 30.2 Å². The number of aromatic nitrogens is 1. The van der Waals surface area contributed by atoms with Gasteiger partial charge < -0.3 is 10.1 Å². The Morgan fingerprint density at radius 1 is 1.27 bits per heavy atom. The largest absolute Gasteiger partial charge is 0.473 e. The summed E-state index contributed by atoms with van der Waals surface area (Å²) in [5.41, 5.74) is 1.25. The molecule has 1 N–H and O–H groups in total. The Bertz CT molecular complexity index is 795. The number of carbonyl (C=O) groups excluding carboxylic acids is 2. The van der Waals surface area contributed by atoms with E-state index >= 15 is 0 Å². The number of benzene rings is 1. The number of likely N-dealkylation sites (tertiary alicyclic amines) is 1. The second kappa shape index (κ2) is 8.05. The molecular formula is C19H20FN3O3. The zero-order valence-corrected chi connectivity index (χ0v) is 14.4. The van der Waals surface area contributed by atoms with E-state index in [1.54, 1.807) is 36.4 Å². The smallest absolute Gasteiger partial charge is 0.238 e. The average Bonchev–Trinajstić information content (AvgIpc) is 3.02. The summed E-state index contributed by atoms with van der Waals surface area (Å²) in [5, 5.41) is 2.81. The number of ether oxygens (including phenoxy) is 1. The summed E-state index contributed by atoms with van der Waals surface area (Å²) in [6.45, 7) is 3.04. The van der Waals surface area contributed by atoms with E-state index in [1.165, 1.54) is 13.0 Å². The van der Waals surface area contributed by atoms with Gasteiger partial charge in [0.25, 0.3) is 0 Å². The van der Waals surface area contributed by atoms with Gasteiger partial charge in [0.2, 0.25) is 17.7 Å². The van der Waals surface area contributed by atoms with Crippen LogP contribution in [-0.2, 0) is 4.79 Å². The number of halogens is 1. The van der Waals surface area contributed by atoms with Crippen LogP contribution >= 0.6 is 0 Å². The Hall–Kier alpha value is -2.80. The van der Waals surface area contributed by atoms with Crippen LogP contribution in [0.1, 0.15) is 23.7 Å². The summed E-state index contributed by atoms with van der Waals surface area (Å²) in [6.07, 6.45) is 0.630. The SMILES string of the molecule is CC(=O)c1ccc(NC(=O)CN2CCC(Oc3cccc(F)n3)C2)cc1. The molecule has 1 aromatic carbocycles. The first-order chi connectivity index (χ1) is 12.5. The van der Waals surface area contributed by atoms with Crippen molar-refractivity contribution in [3.8, 4) is 5.88 Å². The Morgan fingerprint density at radius 2 is 2.04 bits per heavy atom. The lowest BCUT2D eigenvalue weighted by atomic mass is 10.1. The number of anilines is 1. The maximum absolute atomic E-state index is 13.1. The minimum Gasteiger partial charge on any atom is -0.473 e. The van der Waals surface area contributed by atoms with Gasteiger partial charge in [-0.3, -0.25) is 14.5 Å². The molecule has 0 bridgehead atoms. The summed E-state index contributed by atoms with van der Waals surface area (Å²) in [6, 6.07) is 11.2. The van der Waals surface area contributed by atoms with Gasteiger partial charge in [0.15, 0.2) is 5.78 Å². The maximum atomic E-state index is 13.1. The first kappa shape index (κ1) is 18.0. The van der Waals surface area contributed by atoms with Crippen molar-refractivity contribution < 1.29 is 18.7 Å². The number of rotatable bonds is 6. The third kappa shape index (κ3) is 4.86. The van der Waals surface area contributed by atoms with Crippen LogP contribution < -0.4 is 10.1 Å². The molecule has 1 aliphatic heterocycles. The first-order valence-electron chi connectivity index (χ1n) is 8.42. The highest BCUT2D eigenvalue weighted by Crippen LogP contribution is 2.17. The highest BCUT2D eigenvalue weighted by molar-refractivity contribution is 5.96. The van der Waals surface area contributed by atoms with Crippen LogP contribution in [0.4, 0.5) is 10.1 Å². The molecule has 1 atom stereocenters. The molecule has 0 spiro atoms. The van der Waals surface area contributed by atoms with Gasteiger partial charge in [-0.15, -0.1) is 0 Å². The Morgan fingerprint density at radius 3 is 2.73 bits per heavy atom. The standard InChI is InChI=1S/C19H20FN3O3/c1-13(24)14-5-7-15(8-6-14)21-18(25)12-23-10-9-16(11-23)26-19-4-2-3-17(20)22-19/h2-8,16H,9-12H2,1H3,(H,21,25). The molecule has 1 fully saturated rings. The van der Waals surface area contributed by atoms with E-state index in [2.05, 4.69) is 10.3 Å². The third-order valence-electron chi connectivity index (χ3n) is 4.15. The lowest BCUT2D eigenvalue weighted by Crippen LogP contribution is -2.33. The lowest BCUT2D eigenvalue weighted by molar-refractivity contribution is -0.117. The number of amides is 1. The van der Waals surface area contributed by atoms with Gasteiger partial charge in [-0.2, -0.15) is 9.37 Å². The quantitative estimate of drug-likeness (QED) is 0.635. The second-order valence-corrected chi connectivity index (χ2v) is 6.24. The predicted octanol–water partition coefficient (Wildman–Crippen LogP) is 2.52. The van der Waals surface area contributed by atoms with Crippen LogP contribution in [0.2, 0.25) is 0 Å². The van der Waals surface area contributed by atoms with Crippen LogP contribution in [-0.4, -0.2) is 47.3 Å². The van der Waals surface area contributed by atoms with Gasteiger partial charge >= 0.3 is 0 Å². The van der Waals surface area contributed by atoms with E-state index < -0.39 is 5.95 Å². The van der Waals surface area contributed by atoms with E-state index in [0.717, 1.165) is 13.0 Å². The van der Waals surface area contributed by atoms with Crippen LogP contribution in [0.5, 0.6) is 5.88 Å². The fourth-order valence-corrected chi connectivity index (χ4v) is 2.85. The molecule has 0 aliphatic carbocycles. The lowest BCUT2D eigenvalue weighted by Gasteiger charge is -2.16. The first-order valence-corrected chi connectivity index (χ1v) is 8.42. The van der Waals surface area contributed by atoms with Crippen LogP contribution in [0.3, 0.4) is 0 Å². The van der Waals surface area contributed by atoms with E-state index in [1.807, 2.05) is 4.90 Å². The number of Topliss-reactive ketones (excluding diaryl/α,β-unsaturated/α-hetero) is 1. The van der Waals surface area contributed by atoms with Gasteiger partial charge in [-0.25, -0.2) is 0 Å². The third-order valence-corrected chi connectivity index (χ3v) is 4.15. The Kier molecular flexibility index (Phi) is 5.58. The molecule has 136 valence electrons. The minimum absolute atomic E-state index is 0.0150. The van der Waals surface area contributed by atoms with Gasteiger partial charge in [-0.05, 0) is 43.7 Å². The molecule has 6 nitrogen and oxygen atoms in total. The van der Waals surface area contributed by atoms with E-state index in [9.17, 15) is 14.0 Å². The summed E-state index contributed by atoms with van der Waals surface area (Å²) < 4.78 is 18.8.